The van der Waals surface area contributed by atoms with Gasteiger partial charge in [-0.2, -0.15) is 10.2 Å². The summed E-state index contributed by atoms with van der Waals surface area (Å²) in [6, 6.07) is 5.64. The van der Waals surface area contributed by atoms with Crippen LogP contribution in [0.5, 0.6) is 0 Å². The van der Waals surface area contributed by atoms with Gasteiger partial charge in [0.25, 0.3) is 5.91 Å². The first kappa shape index (κ1) is 18.9. The molecule has 2 heterocycles. The predicted molar refractivity (Wildman–Crippen MR) is 107 cm³/mol. The van der Waals surface area contributed by atoms with Gasteiger partial charge in [-0.3, -0.25) is 14.3 Å². The third-order valence-corrected chi connectivity index (χ3v) is 5.04. The lowest BCUT2D eigenvalue weighted by atomic mass is 10.1. The van der Waals surface area contributed by atoms with E-state index in [0.717, 1.165) is 24.1 Å². The van der Waals surface area contributed by atoms with Crippen LogP contribution < -0.4 is 10.6 Å². The molecule has 0 radical (unpaired) electrons. The molecule has 1 aliphatic rings. The molecule has 0 aliphatic heterocycles. The summed E-state index contributed by atoms with van der Waals surface area (Å²) in [5.41, 5.74) is 2.84. The van der Waals surface area contributed by atoms with Crippen LogP contribution in [0, 0.1) is 6.92 Å². The average Bonchev–Trinajstić information content (AvgIpc) is 3.45. The fourth-order valence-electron chi connectivity index (χ4n) is 3.59. The summed E-state index contributed by atoms with van der Waals surface area (Å²) < 4.78 is 3.18. The number of hydrogen-bond donors (Lipinski definition) is 2. The van der Waals surface area contributed by atoms with E-state index in [4.69, 9.17) is 0 Å². The number of carbonyl (C=O) groups is 2. The van der Waals surface area contributed by atoms with Crippen molar-refractivity contribution in [1.82, 2.24) is 29.9 Å². The topological polar surface area (TPSA) is 107 Å². The molecule has 1 aromatic carbocycles. The molecule has 150 valence electrons. The number of carbonyl (C=O) groups excluding carboxylic acids is 2. The minimum Gasteiger partial charge on any atom is -0.352 e. The Kier molecular flexibility index (Phi) is 5.37. The predicted octanol–water partition coefficient (Wildman–Crippen LogP) is 2.08. The normalized spacial score (nSPS) is 14.1. The highest BCUT2D eigenvalue weighted by molar-refractivity contribution is 6.04. The molecular formula is C20H23N7O2. The van der Waals surface area contributed by atoms with Crippen molar-refractivity contribution >= 4 is 17.5 Å². The van der Waals surface area contributed by atoms with Crippen LogP contribution in [0.2, 0.25) is 0 Å². The van der Waals surface area contributed by atoms with Crippen molar-refractivity contribution < 1.29 is 9.59 Å². The highest BCUT2D eigenvalue weighted by Gasteiger charge is 2.17. The van der Waals surface area contributed by atoms with Crippen LogP contribution in [-0.4, -0.2) is 42.4 Å². The van der Waals surface area contributed by atoms with Gasteiger partial charge < -0.3 is 10.6 Å². The summed E-state index contributed by atoms with van der Waals surface area (Å²) in [5, 5.41) is 14.1. The molecule has 1 aliphatic carbocycles. The lowest BCUT2D eigenvalue weighted by Crippen LogP contribution is -2.35. The molecule has 2 amide bonds. The number of nitrogens with one attached hydrogen (secondary N) is 2. The van der Waals surface area contributed by atoms with E-state index in [0.29, 0.717) is 11.3 Å². The van der Waals surface area contributed by atoms with Gasteiger partial charge in [-0.05, 0) is 43.5 Å². The maximum Gasteiger partial charge on any atom is 0.255 e. The SMILES string of the molecule is Cc1cc(C(=O)Nc2cnn(CC(=O)NC3CCCC3)c2)ccc1-n1cncn1. The zero-order chi connectivity index (χ0) is 20.2. The van der Waals surface area contributed by atoms with Gasteiger partial charge in [-0.15, -0.1) is 0 Å². The smallest absolute Gasteiger partial charge is 0.255 e. The van der Waals surface area contributed by atoms with E-state index in [1.807, 2.05) is 13.0 Å². The first-order chi connectivity index (χ1) is 14.1. The summed E-state index contributed by atoms with van der Waals surface area (Å²) in [6.07, 6.45) is 10.7. The Labute approximate surface area is 168 Å². The molecule has 1 fully saturated rings. The largest absolute Gasteiger partial charge is 0.352 e. The molecule has 0 bridgehead atoms. The molecule has 9 heteroatoms. The van der Waals surface area contributed by atoms with Crippen molar-refractivity contribution in [1.29, 1.82) is 0 Å². The Balaban J connectivity index is 1.36. The number of aromatic nitrogens is 5. The van der Waals surface area contributed by atoms with Gasteiger partial charge in [-0.25, -0.2) is 9.67 Å². The van der Waals surface area contributed by atoms with Crippen molar-refractivity contribution in [3.05, 3.63) is 54.4 Å². The van der Waals surface area contributed by atoms with Crippen LogP contribution in [0.1, 0.15) is 41.6 Å². The van der Waals surface area contributed by atoms with E-state index in [-0.39, 0.29) is 24.4 Å². The van der Waals surface area contributed by atoms with Gasteiger partial charge in [0.1, 0.15) is 19.2 Å². The fourth-order valence-corrected chi connectivity index (χ4v) is 3.59. The second kappa shape index (κ2) is 8.26. The molecule has 3 aromatic rings. The second-order valence-corrected chi connectivity index (χ2v) is 7.27. The Hall–Kier alpha value is -3.49. The van der Waals surface area contributed by atoms with Gasteiger partial charge >= 0.3 is 0 Å². The van der Waals surface area contributed by atoms with Gasteiger partial charge in [0.05, 0.1) is 17.6 Å². The van der Waals surface area contributed by atoms with Crippen molar-refractivity contribution in [3.63, 3.8) is 0 Å². The van der Waals surface area contributed by atoms with E-state index in [1.165, 1.54) is 30.0 Å². The molecule has 29 heavy (non-hydrogen) atoms. The Bertz CT molecular complexity index is 1000. The monoisotopic (exact) mass is 393 g/mol. The number of aryl methyl sites for hydroxylation is 1. The van der Waals surface area contributed by atoms with Crippen molar-refractivity contribution in [3.8, 4) is 5.69 Å². The van der Waals surface area contributed by atoms with E-state index in [9.17, 15) is 9.59 Å². The number of anilines is 1. The number of hydrogen-bond acceptors (Lipinski definition) is 5. The first-order valence-electron chi connectivity index (χ1n) is 9.67. The Morgan fingerprint density at radius 1 is 1.21 bits per heavy atom. The number of benzene rings is 1. The van der Waals surface area contributed by atoms with Crippen molar-refractivity contribution in [2.24, 2.45) is 0 Å². The molecule has 0 atom stereocenters. The maximum absolute atomic E-state index is 12.6. The molecule has 9 nitrogen and oxygen atoms in total. The zero-order valence-corrected chi connectivity index (χ0v) is 16.2. The molecule has 1 saturated carbocycles. The Morgan fingerprint density at radius 3 is 2.76 bits per heavy atom. The number of amides is 2. The van der Waals surface area contributed by atoms with Crippen molar-refractivity contribution in [2.45, 2.75) is 45.2 Å². The van der Waals surface area contributed by atoms with E-state index in [2.05, 4.69) is 25.8 Å². The second-order valence-electron chi connectivity index (χ2n) is 7.27. The molecular weight excluding hydrogens is 370 g/mol. The molecule has 2 N–H and O–H groups in total. The molecule has 0 unspecified atom stereocenters. The maximum atomic E-state index is 12.6. The summed E-state index contributed by atoms with van der Waals surface area (Å²) in [4.78, 5) is 28.6. The van der Waals surface area contributed by atoms with Crippen LogP contribution in [0.15, 0.2) is 43.2 Å². The number of nitrogens with zero attached hydrogens (tertiary/aromatic N) is 5. The summed E-state index contributed by atoms with van der Waals surface area (Å²) in [6.45, 7) is 2.05. The first-order valence-corrected chi connectivity index (χ1v) is 9.67. The summed E-state index contributed by atoms with van der Waals surface area (Å²) in [7, 11) is 0. The summed E-state index contributed by atoms with van der Waals surface area (Å²) >= 11 is 0. The highest BCUT2D eigenvalue weighted by Crippen LogP contribution is 2.18. The molecule has 0 saturated heterocycles. The van der Waals surface area contributed by atoms with Crippen LogP contribution in [-0.2, 0) is 11.3 Å². The van der Waals surface area contributed by atoms with E-state index < -0.39 is 0 Å². The lowest BCUT2D eigenvalue weighted by Gasteiger charge is -2.11. The summed E-state index contributed by atoms with van der Waals surface area (Å²) in [5.74, 6) is -0.301. The highest BCUT2D eigenvalue weighted by atomic mass is 16.2. The molecule has 4 rings (SSSR count). The Morgan fingerprint density at radius 2 is 2.03 bits per heavy atom. The van der Waals surface area contributed by atoms with Gasteiger partial charge in [0, 0.05) is 17.8 Å². The molecule has 2 aromatic heterocycles. The average molecular weight is 393 g/mol. The van der Waals surface area contributed by atoms with Gasteiger partial charge in [-0.1, -0.05) is 12.8 Å². The van der Waals surface area contributed by atoms with Crippen molar-refractivity contribution in [2.75, 3.05) is 5.32 Å². The lowest BCUT2D eigenvalue weighted by molar-refractivity contribution is -0.122. The van der Waals surface area contributed by atoms with Crippen LogP contribution in [0.4, 0.5) is 5.69 Å². The third kappa shape index (κ3) is 4.50. The van der Waals surface area contributed by atoms with Crippen LogP contribution >= 0.6 is 0 Å². The minimum atomic E-state index is -0.242. The standard InChI is InChI=1S/C20H23N7O2/c1-14-8-15(6-7-18(14)27-13-21-12-23-27)20(29)25-17-9-22-26(10-17)11-19(28)24-16-4-2-3-5-16/h6-10,12-13,16H,2-5,11H2,1H3,(H,24,28)(H,25,29). The van der Waals surface area contributed by atoms with E-state index in [1.54, 1.807) is 29.3 Å². The quantitative estimate of drug-likeness (QED) is 0.667. The fraction of sp³-hybridized carbons (Fsp3) is 0.350. The van der Waals surface area contributed by atoms with E-state index >= 15 is 0 Å². The molecule has 0 spiro atoms. The third-order valence-electron chi connectivity index (χ3n) is 5.04. The van der Waals surface area contributed by atoms with Crippen LogP contribution in [0.25, 0.3) is 5.69 Å². The van der Waals surface area contributed by atoms with Gasteiger partial charge in [0.2, 0.25) is 5.91 Å². The number of rotatable bonds is 6. The zero-order valence-electron chi connectivity index (χ0n) is 16.2. The minimum absolute atomic E-state index is 0.0581. The van der Waals surface area contributed by atoms with Crippen LogP contribution in [0.3, 0.4) is 0 Å². The van der Waals surface area contributed by atoms with Gasteiger partial charge in [0.15, 0.2) is 0 Å².